The number of fused-ring (bicyclic) bond motifs is 1. The molecule has 0 radical (unpaired) electrons. The van der Waals surface area contributed by atoms with Crippen LogP contribution in [0, 0.1) is 0 Å². The lowest BCUT2D eigenvalue weighted by Crippen LogP contribution is -1.88. The maximum atomic E-state index is 2.38. The van der Waals surface area contributed by atoms with Crippen molar-refractivity contribution in [3.8, 4) is 0 Å². The van der Waals surface area contributed by atoms with Gasteiger partial charge in [-0.1, -0.05) is 80.8 Å². The first-order valence-electron chi connectivity index (χ1n) is 9.03. The summed E-state index contributed by atoms with van der Waals surface area (Å²) in [5, 5.41) is 2.80. The Bertz CT molecular complexity index is 560. The molecule has 0 amide bonds. The maximum Gasteiger partial charge on any atom is -0.0152 e. The molecule has 2 aromatic carbocycles. The molecule has 0 heteroatoms. The largest absolute Gasteiger partial charge is 0.0885 e. The molecule has 118 valence electrons. The van der Waals surface area contributed by atoms with Gasteiger partial charge in [-0.3, -0.25) is 0 Å². The van der Waals surface area contributed by atoms with E-state index < -0.39 is 0 Å². The second kappa shape index (κ2) is 10.2. The molecule has 0 bridgehead atoms. The van der Waals surface area contributed by atoms with Gasteiger partial charge in [0.15, 0.2) is 0 Å². The first-order valence-corrected chi connectivity index (χ1v) is 9.03. The molecule has 0 aliphatic rings. The van der Waals surface area contributed by atoms with Crippen LogP contribution in [-0.2, 0) is 6.42 Å². The van der Waals surface area contributed by atoms with Gasteiger partial charge in [0, 0.05) is 0 Å². The molecule has 0 aliphatic heterocycles. The first-order chi connectivity index (χ1) is 10.9. The summed E-state index contributed by atoms with van der Waals surface area (Å²) in [6, 6.07) is 15.4. The highest BCUT2D eigenvalue weighted by Gasteiger charge is 1.99. The van der Waals surface area contributed by atoms with Crippen molar-refractivity contribution in [3.05, 3.63) is 60.2 Å². The summed E-state index contributed by atoms with van der Waals surface area (Å²) < 4.78 is 0. The Morgan fingerprint density at radius 3 is 2.27 bits per heavy atom. The Balaban J connectivity index is 1.64. The predicted octanol–water partition coefficient (Wildman–Crippen LogP) is 7.08. The summed E-state index contributed by atoms with van der Waals surface area (Å²) in [5.41, 5.74) is 1.51. The molecule has 0 nitrogen and oxygen atoms in total. The molecular weight excluding hydrogens is 264 g/mol. The van der Waals surface area contributed by atoms with Gasteiger partial charge >= 0.3 is 0 Å². The lowest BCUT2D eigenvalue weighted by atomic mass is 9.99. The van der Waals surface area contributed by atoms with E-state index in [2.05, 4.69) is 61.5 Å². The zero-order chi connectivity index (χ0) is 15.5. The van der Waals surface area contributed by atoms with Crippen molar-refractivity contribution in [2.24, 2.45) is 0 Å². The van der Waals surface area contributed by atoms with Crippen LogP contribution in [0.3, 0.4) is 0 Å². The lowest BCUT2D eigenvalue weighted by Gasteiger charge is -2.06. The number of benzene rings is 2. The van der Waals surface area contributed by atoms with E-state index in [1.54, 1.807) is 0 Å². The summed E-state index contributed by atoms with van der Waals surface area (Å²) in [7, 11) is 0. The van der Waals surface area contributed by atoms with Crippen LogP contribution >= 0.6 is 0 Å². The minimum Gasteiger partial charge on any atom is -0.0885 e. The fraction of sp³-hybridized carbons (Fsp3) is 0.455. The number of rotatable bonds is 10. The van der Waals surface area contributed by atoms with E-state index in [4.69, 9.17) is 0 Å². The Hall–Kier alpha value is -1.56. The topological polar surface area (TPSA) is 0 Å². The van der Waals surface area contributed by atoms with Crippen molar-refractivity contribution in [1.29, 1.82) is 0 Å². The number of allylic oxidation sites excluding steroid dienone is 2. The van der Waals surface area contributed by atoms with E-state index in [1.807, 2.05) is 0 Å². The molecule has 0 unspecified atom stereocenters. The van der Waals surface area contributed by atoms with E-state index >= 15 is 0 Å². The van der Waals surface area contributed by atoms with Gasteiger partial charge in [-0.25, -0.2) is 0 Å². The Morgan fingerprint density at radius 2 is 1.45 bits per heavy atom. The normalized spacial score (nSPS) is 11.5. The number of hydrogen-bond donors (Lipinski definition) is 0. The molecule has 2 rings (SSSR count). The first kappa shape index (κ1) is 16.8. The van der Waals surface area contributed by atoms with Gasteiger partial charge in [0.2, 0.25) is 0 Å². The monoisotopic (exact) mass is 294 g/mol. The van der Waals surface area contributed by atoms with E-state index in [9.17, 15) is 0 Å². The fourth-order valence-electron chi connectivity index (χ4n) is 3.01. The molecule has 2 aromatic rings. The smallest absolute Gasteiger partial charge is 0.0152 e. The Kier molecular flexibility index (Phi) is 7.80. The summed E-state index contributed by atoms with van der Waals surface area (Å²) >= 11 is 0. The standard InChI is InChI=1S/C22H30/c1-2-3-4-5-6-7-8-9-10-11-15-20-17-14-18-21-16-12-13-19-22(20)21/h6-7,12-14,16-19H,2-5,8-11,15H2,1H3/b7-6+. The van der Waals surface area contributed by atoms with Gasteiger partial charge in [0.05, 0.1) is 0 Å². The van der Waals surface area contributed by atoms with E-state index in [-0.39, 0.29) is 0 Å². The third-order valence-electron chi connectivity index (χ3n) is 4.34. The van der Waals surface area contributed by atoms with E-state index in [0.29, 0.717) is 0 Å². The molecule has 0 heterocycles. The fourth-order valence-corrected chi connectivity index (χ4v) is 3.01. The predicted molar refractivity (Wildman–Crippen MR) is 99.4 cm³/mol. The zero-order valence-corrected chi connectivity index (χ0v) is 14.1. The van der Waals surface area contributed by atoms with Crippen LogP contribution in [0.15, 0.2) is 54.6 Å². The van der Waals surface area contributed by atoms with Crippen LogP contribution in [0.2, 0.25) is 0 Å². The minimum absolute atomic E-state index is 1.21. The minimum atomic E-state index is 1.21. The molecule has 0 aliphatic carbocycles. The summed E-state index contributed by atoms with van der Waals surface area (Å²) in [6.07, 6.45) is 16.5. The average Bonchev–Trinajstić information content (AvgIpc) is 2.56. The van der Waals surface area contributed by atoms with Crippen LogP contribution in [-0.4, -0.2) is 0 Å². The summed E-state index contributed by atoms with van der Waals surface area (Å²) in [5.74, 6) is 0. The molecule has 0 saturated carbocycles. The third kappa shape index (κ3) is 5.67. The van der Waals surface area contributed by atoms with Gasteiger partial charge in [-0.05, 0) is 54.9 Å². The summed E-state index contributed by atoms with van der Waals surface area (Å²) in [4.78, 5) is 0. The Labute approximate surface area is 136 Å². The summed E-state index contributed by atoms with van der Waals surface area (Å²) in [6.45, 7) is 2.26. The van der Waals surface area contributed by atoms with Crippen molar-refractivity contribution in [2.45, 2.75) is 64.7 Å². The highest BCUT2D eigenvalue weighted by molar-refractivity contribution is 5.85. The molecule has 0 aromatic heterocycles. The van der Waals surface area contributed by atoms with E-state index in [1.165, 1.54) is 74.1 Å². The SMILES string of the molecule is CCCCC/C=C/CCCCCc1cccc2ccccc12. The van der Waals surface area contributed by atoms with Crippen molar-refractivity contribution in [1.82, 2.24) is 0 Å². The molecule has 22 heavy (non-hydrogen) atoms. The van der Waals surface area contributed by atoms with Crippen LogP contribution < -0.4 is 0 Å². The van der Waals surface area contributed by atoms with Crippen molar-refractivity contribution >= 4 is 10.8 Å². The number of aryl methyl sites for hydroxylation is 1. The molecule has 0 fully saturated rings. The molecule has 0 atom stereocenters. The van der Waals surface area contributed by atoms with Crippen LogP contribution in [0.4, 0.5) is 0 Å². The third-order valence-corrected chi connectivity index (χ3v) is 4.34. The second-order valence-electron chi connectivity index (χ2n) is 6.20. The average molecular weight is 294 g/mol. The molecule has 0 saturated heterocycles. The molecule has 0 N–H and O–H groups in total. The maximum absolute atomic E-state index is 2.38. The van der Waals surface area contributed by atoms with Gasteiger partial charge in [0.1, 0.15) is 0 Å². The highest BCUT2D eigenvalue weighted by atomic mass is 14.0. The Morgan fingerprint density at radius 1 is 0.727 bits per heavy atom. The lowest BCUT2D eigenvalue weighted by molar-refractivity contribution is 0.685. The van der Waals surface area contributed by atoms with Crippen molar-refractivity contribution < 1.29 is 0 Å². The molecule has 0 spiro atoms. The number of unbranched alkanes of at least 4 members (excludes halogenated alkanes) is 6. The van der Waals surface area contributed by atoms with Gasteiger partial charge in [-0.15, -0.1) is 0 Å². The van der Waals surface area contributed by atoms with Crippen LogP contribution in [0.25, 0.3) is 10.8 Å². The van der Waals surface area contributed by atoms with E-state index in [0.717, 1.165) is 0 Å². The highest BCUT2D eigenvalue weighted by Crippen LogP contribution is 2.20. The van der Waals surface area contributed by atoms with Gasteiger partial charge < -0.3 is 0 Å². The zero-order valence-electron chi connectivity index (χ0n) is 14.1. The molecular formula is C22H30. The van der Waals surface area contributed by atoms with Crippen LogP contribution in [0.1, 0.15) is 63.9 Å². The second-order valence-corrected chi connectivity index (χ2v) is 6.20. The van der Waals surface area contributed by atoms with Crippen molar-refractivity contribution in [3.63, 3.8) is 0 Å². The number of hydrogen-bond acceptors (Lipinski definition) is 0. The van der Waals surface area contributed by atoms with Gasteiger partial charge in [-0.2, -0.15) is 0 Å². The van der Waals surface area contributed by atoms with Crippen molar-refractivity contribution in [2.75, 3.05) is 0 Å². The quantitative estimate of drug-likeness (QED) is 0.324. The van der Waals surface area contributed by atoms with Crippen LogP contribution in [0.5, 0.6) is 0 Å². The van der Waals surface area contributed by atoms with Gasteiger partial charge in [0.25, 0.3) is 0 Å².